The monoisotopic (exact) mass is 236 g/mol. The molecule has 2 aliphatic rings. The van der Waals surface area contributed by atoms with E-state index in [9.17, 15) is 4.79 Å². The van der Waals surface area contributed by atoms with Crippen molar-refractivity contribution >= 4 is 5.78 Å². The van der Waals surface area contributed by atoms with E-state index in [1.165, 1.54) is 19.3 Å². The first-order valence-electron chi connectivity index (χ1n) is 6.71. The Labute approximate surface area is 104 Å². The molecule has 96 valence electrons. The molecular weight excluding hydrogens is 212 g/mol. The first kappa shape index (κ1) is 12.6. The number of hydrogen-bond donors (Lipinski definition) is 1. The minimum Gasteiger partial charge on any atom is -0.402 e. The van der Waals surface area contributed by atoms with Crippen molar-refractivity contribution < 1.29 is 4.79 Å². The normalized spacial score (nSPS) is 26.4. The number of ketones is 1. The van der Waals surface area contributed by atoms with Gasteiger partial charge in [-0.1, -0.05) is 20.3 Å². The van der Waals surface area contributed by atoms with Crippen molar-refractivity contribution in [3.63, 3.8) is 0 Å². The predicted molar refractivity (Wildman–Crippen MR) is 69.5 cm³/mol. The molecule has 2 rings (SSSR count). The Morgan fingerprint density at radius 3 is 2.41 bits per heavy atom. The van der Waals surface area contributed by atoms with Crippen LogP contribution >= 0.6 is 0 Å². The summed E-state index contributed by atoms with van der Waals surface area (Å²) in [5.74, 6) is 0.268. The van der Waals surface area contributed by atoms with Gasteiger partial charge in [0.05, 0.1) is 0 Å². The highest BCUT2D eigenvalue weighted by atomic mass is 16.1. The van der Waals surface area contributed by atoms with Gasteiger partial charge in [0.1, 0.15) is 0 Å². The van der Waals surface area contributed by atoms with Crippen LogP contribution in [-0.2, 0) is 4.79 Å². The van der Waals surface area contributed by atoms with Crippen molar-refractivity contribution in [2.24, 2.45) is 11.1 Å². The fraction of sp³-hybridized carbons (Fsp3) is 0.786. The van der Waals surface area contributed by atoms with Crippen molar-refractivity contribution in [1.82, 2.24) is 4.90 Å². The summed E-state index contributed by atoms with van der Waals surface area (Å²) in [6, 6.07) is 0. The van der Waals surface area contributed by atoms with E-state index in [4.69, 9.17) is 5.73 Å². The summed E-state index contributed by atoms with van der Waals surface area (Å²) in [4.78, 5) is 14.5. The maximum Gasteiger partial charge on any atom is 0.162 e. The summed E-state index contributed by atoms with van der Waals surface area (Å²) in [6.45, 7) is 7.26. The van der Waals surface area contributed by atoms with Gasteiger partial charge in [-0.2, -0.15) is 0 Å². The van der Waals surface area contributed by atoms with Gasteiger partial charge in [-0.3, -0.25) is 9.69 Å². The second-order valence-corrected chi connectivity index (χ2v) is 6.28. The number of nitrogens with zero attached hydrogens (tertiary/aromatic N) is 1. The lowest BCUT2D eigenvalue weighted by Crippen LogP contribution is -2.37. The van der Waals surface area contributed by atoms with Crippen LogP contribution in [0.4, 0.5) is 0 Å². The number of rotatable bonds is 2. The van der Waals surface area contributed by atoms with E-state index in [0.29, 0.717) is 6.42 Å². The van der Waals surface area contributed by atoms with Gasteiger partial charge in [-0.15, -0.1) is 0 Å². The van der Waals surface area contributed by atoms with E-state index < -0.39 is 0 Å². The molecule has 0 aromatic heterocycles. The van der Waals surface area contributed by atoms with Gasteiger partial charge < -0.3 is 5.73 Å². The van der Waals surface area contributed by atoms with Crippen LogP contribution in [0.25, 0.3) is 0 Å². The van der Waals surface area contributed by atoms with E-state index in [1.54, 1.807) is 0 Å². The number of piperidine rings is 1. The van der Waals surface area contributed by atoms with Crippen LogP contribution in [0.15, 0.2) is 11.3 Å². The van der Waals surface area contributed by atoms with Crippen molar-refractivity contribution in [3.05, 3.63) is 11.3 Å². The maximum atomic E-state index is 12.1. The molecule has 1 aliphatic carbocycles. The number of likely N-dealkylation sites (tertiary alicyclic amines) is 1. The molecule has 1 aliphatic heterocycles. The summed E-state index contributed by atoms with van der Waals surface area (Å²) in [6.07, 6.45) is 5.35. The zero-order valence-electron chi connectivity index (χ0n) is 11.1. The number of hydrogen-bond acceptors (Lipinski definition) is 3. The number of nitrogens with two attached hydrogens (primary N) is 1. The van der Waals surface area contributed by atoms with E-state index in [1.807, 2.05) is 0 Å². The molecule has 0 aromatic rings. The standard InChI is InChI=1S/C14H24N2O/c1-14(2)8-12(15)11(13(17)9-14)10-16-6-4-3-5-7-16/h3-10,15H2,1-2H3. The van der Waals surface area contributed by atoms with E-state index in [0.717, 1.165) is 37.3 Å². The summed E-state index contributed by atoms with van der Waals surface area (Å²) in [5, 5.41) is 0. The summed E-state index contributed by atoms with van der Waals surface area (Å²) in [5.41, 5.74) is 7.87. The smallest absolute Gasteiger partial charge is 0.162 e. The van der Waals surface area contributed by atoms with Gasteiger partial charge in [0.25, 0.3) is 0 Å². The van der Waals surface area contributed by atoms with E-state index in [-0.39, 0.29) is 11.2 Å². The third-order valence-electron chi connectivity index (χ3n) is 3.86. The summed E-state index contributed by atoms with van der Waals surface area (Å²) < 4.78 is 0. The Morgan fingerprint density at radius 2 is 1.82 bits per heavy atom. The molecule has 0 amide bonds. The molecular formula is C14H24N2O. The van der Waals surface area contributed by atoms with Gasteiger partial charge in [0.15, 0.2) is 5.78 Å². The molecule has 0 bridgehead atoms. The molecule has 0 radical (unpaired) electrons. The zero-order valence-corrected chi connectivity index (χ0v) is 11.1. The summed E-state index contributed by atoms with van der Waals surface area (Å²) >= 11 is 0. The third kappa shape index (κ3) is 3.09. The molecule has 1 saturated heterocycles. The average molecular weight is 236 g/mol. The van der Waals surface area contributed by atoms with Gasteiger partial charge in [-0.25, -0.2) is 0 Å². The van der Waals surface area contributed by atoms with E-state index in [2.05, 4.69) is 18.7 Å². The first-order valence-corrected chi connectivity index (χ1v) is 6.71. The minimum atomic E-state index is 0.0482. The molecule has 3 nitrogen and oxygen atoms in total. The fourth-order valence-corrected chi connectivity index (χ4v) is 2.94. The number of allylic oxidation sites excluding steroid dienone is 1. The highest BCUT2D eigenvalue weighted by Gasteiger charge is 2.32. The topological polar surface area (TPSA) is 46.3 Å². The lowest BCUT2D eigenvalue weighted by Gasteiger charge is -2.33. The van der Waals surface area contributed by atoms with E-state index >= 15 is 0 Å². The molecule has 3 heteroatoms. The van der Waals surface area contributed by atoms with Crippen molar-refractivity contribution in [2.75, 3.05) is 19.6 Å². The molecule has 0 saturated carbocycles. The quantitative estimate of drug-likeness (QED) is 0.798. The molecule has 1 heterocycles. The molecule has 2 N–H and O–H groups in total. The van der Waals surface area contributed by atoms with Gasteiger partial charge in [0.2, 0.25) is 0 Å². The average Bonchev–Trinajstić information content (AvgIpc) is 2.24. The Balaban J connectivity index is 2.06. The lowest BCUT2D eigenvalue weighted by atomic mass is 9.76. The van der Waals surface area contributed by atoms with Crippen molar-refractivity contribution in [1.29, 1.82) is 0 Å². The van der Waals surface area contributed by atoms with Crippen LogP contribution in [0.2, 0.25) is 0 Å². The Bertz CT molecular complexity index is 338. The van der Waals surface area contributed by atoms with Gasteiger partial charge >= 0.3 is 0 Å². The Hall–Kier alpha value is -0.830. The number of carbonyl (C=O) groups excluding carboxylic acids is 1. The molecule has 1 fully saturated rings. The Morgan fingerprint density at radius 1 is 1.18 bits per heavy atom. The van der Waals surface area contributed by atoms with Crippen LogP contribution in [0.1, 0.15) is 46.0 Å². The van der Waals surface area contributed by atoms with Gasteiger partial charge in [0, 0.05) is 24.2 Å². The summed E-state index contributed by atoms with van der Waals surface area (Å²) in [7, 11) is 0. The van der Waals surface area contributed by atoms with Crippen LogP contribution in [0.5, 0.6) is 0 Å². The molecule has 17 heavy (non-hydrogen) atoms. The fourth-order valence-electron chi connectivity index (χ4n) is 2.94. The second kappa shape index (κ2) is 4.81. The first-order chi connectivity index (χ1) is 7.98. The largest absolute Gasteiger partial charge is 0.402 e. The third-order valence-corrected chi connectivity index (χ3v) is 3.86. The van der Waals surface area contributed by atoms with Gasteiger partial charge in [-0.05, 0) is 37.8 Å². The predicted octanol–water partition coefficient (Wildman–Crippen LogP) is 2.07. The second-order valence-electron chi connectivity index (χ2n) is 6.28. The highest BCUT2D eigenvalue weighted by molar-refractivity contribution is 5.97. The van der Waals surface area contributed by atoms with Crippen LogP contribution in [0, 0.1) is 5.41 Å². The number of Topliss-reactive ketones (excluding diaryl/α,β-unsaturated/α-hetero) is 1. The highest BCUT2D eigenvalue weighted by Crippen LogP contribution is 2.35. The van der Waals surface area contributed by atoms with Crippen LogP contribution in [0.3, 0.4) is 0 Å². The maximum absolute atomic E-state index is 12.1. The lowest BCUT2D eigenvalue weighted by molar-refractivity contribution is -0.118. The zero-order chi connectivity index (χ0) is 12.5. The molecule has 0 unspecified atom stereocenters. The Kier molecular flexibility index (Phi) is 3.57. The number of carbonyl (C=O) groups is 1. The van der Waals surface area contributed by atoms with Crippen molar-refractivity contribution in [3.8, 4) is 0 Å². The molecule has 0 atom stereocenters. The van der Waals surface area contributed by atoms with Crippen LogP contribution in [-0.4, -0.2) is 30.3 Å². The SMILES string of the molecule is CC1(C)CC(=O)C(CN2CCCCC2)=C(N)C1. The molecule has 0 spiro atoms. The minimum absolute atomic E-state index is 0.0482. The van der Waals surface area contributed by atoms with Crippen molar-refractivity contribution in [2.45, 2.75) is 46.0 Å². The molecule has 0 aromatic carbocycles. The van der Waals surface area contributed by atoms with Crippen LogP contribution < -0.4 is 5.73 Å².